The number of rotatable bonds is 3. The van der Waals surface area contributed by atoms with Crippen LogP contribution in [0.4, 0.5) is 0 Å². The highest BCUT2D eigenvalue weighted by molar-refractivity contribution is 5.72. The number of hydrogen-bond donors (Lipinski definition) is 2. The van der Waals surface area contributed by atoms with Gasteiger partial charge in [0.25, 0.3) is 5.56 Å². The van der Waals surface area contributed by atoms with Gasteiger partial charge < -0.3 is 14.8 Å². The van der Waals surface area contributed by atoms with Crippen LogP contribution in [0.3, 0.4) is 0 Å². The van der Waals surface area contributed by atoms with Crippen molar-refractivity contribution >= 4 is 0 Å². The molecule has 1 aliphatic carbocycles. The molecule has 4 heteroatoms. The third-order valence-corrected chi connectivity index (χ3v) is 4.92. The minimum atomic E-state index is -0.257. The average molecular weight is 347 g/mol. The predicted octanol–water partition coefficient (Wildman–Crippen LogP) is 4.66. The third kappa shape index (κ3) is 3.10. The molecule has 4 nitrogen and oxygen atoms in total. The molecule has 4 rings (SSSR count). The van der Waals surface area contributed by atoms with E-state index in [0.29, 0.717) is 22.8 Å². The van der Waals surface area contributed by atoms with Gasteiger partial charge in [-0.1, -0.05) is 37.3 Å². The average Bonchev–Trinajstić information content (AvgIpc) is 2.62. The molecule has 3 aromatic rings. The standard InChI is InChI=1S/C22H21NO3/c1-14-10-11-18-19(12-14)23-22(25)20(21(18)24)15-6-5-9-17(13-15)26-16-7-3-2-4-8-16/h2-9,13-14H,10-12H2,1H3,(H2,23,24,25). The topological polar surface area (TPSA) is 62.3 Å². The zero-order valence-electron chi connectivity index (χ0n) is 14.7. The van der Waals surface area contributed by atoms with Crippen LogP contribution >= 0.6 is 0 Å². The summed E-state index contributed by atoms with van der Waals surface area (Å²) in [6.07, 6.45) is 2.60. The van der Waals surface area contributed by atoms with Crippen molar-refractivity contribution in [2.75, 3.05) is 0 Å². The zero-order chi connectivity index (χ0) is 18.1. The highest BCUT2D eigenvalue weighted by Gasteiger charge is 2.23. The summed E-state index contributed by atoms with van der Waals surface area (Å²) in [4.78, 5) is 15.6. The molecule has 26 heavy (non-hydrogen) atoms. The molecule has 2 N–H and O–H groups in total. The van der Waals surface area contributed by atoms with E-state index in [0.717, 1.165) is 36.3 Å². The van der Waals surface area contributed by atoms with Gasteiger partial charge in [-0.15, -0.1) is 0 Å². The molecule has 0 bridgehead atoms. The summed E-state index contributed by atoms with van der Waals surface area (Å²) in [5, 5.41) is 10.8. The van der Waals surface area contributed by atoms with Gasteiger partial charge >= 0.3 is 0 Å². The minimum absolute atomic E-state index is 0.104. The number of ether oxygens (including phenoxy) is 1. The summed E-state index contributed by atoms with van der Waals surface area (Å²) in [6.45, 7) is 2.16. The molecule has 0 spiro atoms. The van der Waals surface area contributed by atoms with E-state index < -0.39 is 0 Å². The van der Waals surface area contributed by atoms with Crippen LogP contribution in [0.15, 0.2) is 59.4 Å². The SMILES string of the molecule is CC1CCc2c([nH]c(=O)c(-c3cccc(Oc4ccccc4)c3)c2O)C1. The maximum atomic E-state index is 12.6. The monoisotopic (exact) mass is 347 g/mol. The number of nitrogens with one attached hydrogen (secondary N) is 1. The lowest BCUT2D eigenvalue weighted by Gasteiger charge is -2.23. The van der Waals surface area contributed by atoms with Gasteiger partial charge in [-0.25, -0.2) is 0 Å². The van der Waals surface area contributed by atoms with Crippen LogP contribution in [0.5, 0.6) is 17.2 Å². The molecular weight excluding hydrogens is 326 g/mol. The maximum absolute atomic E-state index is 12.6. The van der Waals surface area contributed by atoms with Crippen LogP contribution in [-0.2, 0) is 12.8 Å². The molecule has 0 aliphatic heterocycles. The second-order valence-electron chi connectivity index (χ2n) is 6.93. The Kier molecular flexibility index (Phi) is 4.25. The van der Waals surface area contributed by atoms with Gasteiger partial charge in [0.15, 0.2) is 0 Å². The van der Waals surface area contributed by atoms with Gasteiger partial charge in [-0.3, -0.25) is 4.79 Å². The molecule has 1 atom stereocenters. The number of H-pyrrole nitrogens is 1. The highest BCUT2D eigenvalue weighted by atomic mass is 16.5. The molecule has 1 unspecified atom stereocenters. The number of fused-ring (bicyclic) bond motifs is 1. The first-order valence-corrected chi connectivity index (χ1v) is 8.92. The fourth-order valence-electron chi connectivity index (χ4n) is 3.57. The number of hydrogen-bond acceptors (Lipinski definition) is 3. The van der Waals surface area contributed by atoms with E-state index in [1.54, 1.807) is 6.07 Å². The van der Waals surface area contributed by atoms with Crippen LogP contribution in [0, 0.1) is 5.92 Å². The Hall–Kier alpha value is -3.01. The van der Waals surface area contributed by atoms with Gasteiger partial charge in [0.2, 0.25) is 0 Å². The lowest BCUT2D eigenvalue weighted by molar-refractivity contribution is 0.439. The first-order valence-electron chi connectivity index (χ1n) is 8.92. The summed E-state index contributed by atoms with van der Waals surface area (Å²) >= 11 is 0. The molecule has 0 amide bonds. The second kappa shape index (κ2) is 6.71. The fraction of sp³-hybridized carbons (Fsp3) is 0.227. The van der Waals surface area contributed by atoms with E-state index in [-0.39, 0.29) is 11.3 Å². The summed E-state index contributed by atoms with van der Waals surface area (Å²) in [5.74, 6) is 1.97. The first-order chi connectivity index (χ1) is 12.6. The maximum Gasteiger partial charge on any atom is 0.259 e. The van der Waals surface area contributed by atoms with Crippen molar-refractivity contribution in [3.05, 3.63) is 76.2 Å². The van der Waals surface area contributed by atoms with E-state index in [2.05, 4.69) is 11.9 Å². The van der Waals surface area contributed by atoms with Gasteiger partial charge in [-0.2, -0.15) is 0 Å². The fourth-order valence-corrected chi connectivity index (χ4v) is 3.57. The second-order valence-corrected chi connectivity index (χ2v) is 6.93. The van der Waals surface area contributed by atoms with Gasteiger partial charge in [0.05, 0.1) is 5.56 Å². The van der Waals surface area contributed by atoms with E-state index >= 15 is 0 Å². The molecule has 1 aliphatic rings. The smallest absolute Gasteiger partial charge is 0.259 e. The third-order valence-electron chi connectivity index (χ3n) is 4.92. The van der Waals surface area contributed by atoms with Crippen molar-refractivity contribution in [1.82, 2.24) is 4.98 Å². The Morgan fingerprint density at radius 3 is 2.65 bits per heavy atom. The van der Waals surface area contributed by atoms with Crippen LogP contribution < -0.4 is 10.3 Å². The quantitative estimate of drug-likeness (QED) is 0.724. The Labute approximate surface area is 152 Å². The minimum Gasteiger partial charge on any atom is -0.507 e. The highest BCUT2D eigenvalue weighted by Crippen LogP contribution is 2.36. The molecule has 0 saturated heterocycles. The Balaban J connectivity index is 1.74. The van der Waals surface area contributed by atoms with E-state index in [1.807, 2.05) is 48.5 Å². The van der Waals surface area contributed by atoms with E-state index in [4.69, 9.17) is 4.74 Å². The molecule has 2 aromatic carbocycles. The molecule has 1 aromatic heterocycles. The van der Waals surface area contributed by atoms with E-state index in [1.165, 1.54) is 0 Å². The molecule has 0 saturated carbocycles. The number of aromatic nitrogens is 1. The van der Waals surface area contributed by atoms with Crippen LogP contribution in [0.25, 0.3) is 11.1 Å². The summed E-state index contributed by atoms with van der Waals surface area (Å²) in [7, 11) is 0. The van der Waals surface area contributed by atoms with Crippen molar-refractivity contribution in [2.24, 2.45) is 5.92 Å². The van der Waals surface area contributed by atoms with E-state index in [9.17, 15) is 9.90 Å². The summed E-state index contributed by atoms with van der Waals surface area (Å²) in [6, 6.07) is 16.7. The molecule has 0 radical (unpaired) electrons. The number of para-hydroxylation sites is 1. The summed E-state index contributed by atoms with van der Waals surface area (Å²) in [5.41, 5.74) is 2.45. The van der Waals surface area contributed by atoms with Crippen LogP contribution in [0.1, 0.15) is 24.6 Å². The molecule has 132 valence electrons. The molecular formula is C22H21NO3. The lowest BCUT2D eigenvalue weighted by Crippen LogP contribution is -2.20. The molecule has 0 fully saturated rings. The first kappa shape index (κ1) is 16.5. The zero-order valence-corrected chi connectivity index (χ0v) is 14.7. The van der Waals surface area contributed by atoms with Crippen molar-refractivity contribution in [3.63, 3.8) is 0 Å². The number of aromatic hydroxyl groups is 1. The van der Waals surface area contributed by atoms with Crippen molar-refractivity contribution in [1.29, 1.82) is 0 Å². The van der Waals surface area contributed by atoms with Crippen LogP contribution in [-0.4, -0.2) is 10.1 Å². The van der Waals surface area contributed by atoms with Crippen molar-refractivity contribution < 1.29 is 9.84 Å². The summed E-state index contributed by atoms with van der Waals surface area (Å²) < 4.78 is 5.85. The van der Waals surface area contributed by atoms with Gasteiger partial charge in [-0.05, 0) is 55.0 Å². The predicted molar refractivity (Wildman–Crippen MR) is 102 cm³/mol. The van der Waals surface area contributed by atoms with Gasteiger partial charge in [0.1, 0.15) is 17.2 Å². The number of benzene rings is 2. The molecule has 1 heterocycles. The Morgan fingerprint density at radius 2 is 1.85 bits per heavy atom. The number of aromatic amines is 1. The number of pyridine rings is 1. The van der Waals surface area contributed by atoms with Gasteiger partial charge in [0, 0.05) is 11.3 Å². The lowest BCUT2D eigenvalue weighted by atomic mass is 9.86. The normalized spacial score (nSPS) is 16.1. The van der Waals surface area contributed by atoms with Crippen LogP contribution in [0.2, 0.25) is 0 Å². The largest absolute Gasteiger partial charge is 0.507 e. The van der Waals surface area contributed by atoms with Crippen molar-refractivity contribution in [2.45, 2.75) is 26.2 Å². The Morgan fingerprint density at radius 1 is 1.08 bits per heavy atom. The van der Waals surface area contributed by atoms with Crippen molar-refractivity contribution in [3.8, 4) is 28.4 Å². The Bertz CT molecular complexity index is 992.